The van der Waals surface area contributed by atoms with E-state index in [0.717, 1.165) is 30.2 Å². The molecule has 1 aromatic carbocycles. The average Bonchev–Trinajstić information content (AvgIpc) is 2.20. The summed E-state index contributed by atoms with van der Waals surface area (Å²) >= 11 is 1.77. The number of nitrogens with two attached hydrogens (primary N) is 1. The first-order chi connectivity index (χ1) is 6.77. The van der Waals surface area contributed by atoms with Gasteiger partial charge in [0.15, 0.2) is 0 Å². The highest BCUT2D eigenvalue weighted by atomic mass is 32.2. The summed E-state index contributed by atoms with van der Waals surface area (Å²) in [6.07, 6.45) is 3.07. The Hall–Kier alpha value is -0.830. The predicted octanol–water partition coefficient (Wildman–Crippen LogP) is 2.57. The minimum absolute atomic E-state index is 0.719. The summed E-state index contributed by atoms with van der Waals surface area (Å²) in [5.41, 5.74) is 7.84. The first-order valence-corrected chi connectivity index (χ1v) is 6.17. The van der Waals surface area contributed by atoms with E-state index in [0.29, 0.717) is 0 Å². The van der Waals surface area contributed by atoms with Gasteiger partial charge in [-0.2, -0.15) is 11.8 Å². The van der Waals surface area contributed by atoms with Crippen LogP contribution in [0.2, 0.25) is 0 Å². The Morgan fingerprint density at radius 2 is 2.21 bits per heavy atom. The molecular formula is C11H17NOS. The van der Waals surface area contributed by atoms with Gasteiger partial charge in [0.2, 0.25) is 0 Å². The van der Waals surface area contributed by atoms with Crippen molar-refractivity contribution in [2.45, 2.75) is 13.3 Å². The van der Waals surface area contributed by atoms with E-state index < -0.39 is 0 Å². The number of aryl methyl sites for hydroxylation is 1. The topological polar surface area (TPSA) is 35.2 Å². The maximum absolute atomic E-state index is 5.85. The molecular weight excluding hydrogens is 194 g/mol. The van der Waals surface area contributed by atoms with Gasteiger partial charge >= 0.3 is 0 Å². The fraction of sp³-hybridized carbons (Fsp3) is 0.455. The molecule has 0 aromatic heterocycles. The average molecular weight is 211 g/mol. The van der Waals surface area contributed by atoms with E-state index in [1.54, 1.807) is 11.8 Å². The van der Waals surface area contributed by atoms with Gasteiger partial charge in [0.1, 0.15) is 5.75 Å². The highest BCUT2D eigenvalue weighted by molar-refractivity contribution is 7.98. The Kier molecular flexibility index (Phi) is 4.66. The Labute approximate surface area is 89.8 Å². The number of anilines is 1. The van der Waals surface area contributed by atoms with Gasteiger partial charge < -0.3 is 10.5 Å². The molecule has 1 rings (SSSR count). The number of benzene rings is 1. The lowest BCUT2D eigenvalue weighted by Gasteiger charge is -2.09. The molecule has 0 unspecified atom stereocenters. The highest BCUT2D eigenvalue weighted by Gasteiger charge is 2.00. The van der Waals surface area contributed by atoms with Crippen LogP contribution in [0.25, 0.3) is 0 Å². The zero-order valence-corrected chi connectivity index (χ0v) is 9.56. The van der Waals surface area contributed by atoms with E-state index in [1.165, 1.54) is 5.56 Å². The maximum Gasteiger partial charge on any atom is 0.142 e. The molecule has 14 heavy (non-hydrogen) atoms. The second-order valence-electron chi connectivity index (χ2n) is 3.07. The summed E-state index contributed by atoms with van der Waals surface area (Å²) in [5.74, 6) is 1.80. The van der Waals surface area contributed by atoms with Crippen LogP contribution in [0, 0.1) is 0 Å². The van der Waals surface area contributed by atoms with Crippen LogP contribution in [-0.4, -0.2) is 18.6 Å². The predicted molar refractivity (Wildman–Crippen MR) is 64.1 cm³/mol. The molecule has 0 saturated carbocycles. The van der Waals surface area contributed by atoms with Crippen molar-refractivity contribution < 1.29 is 4.74 Å². The summed E-state index contributed by atoms with van der Waals surface area (Å²) in [6, 6.07) is 5.99. The van der Waals surface area contributed by atoms with E-state index in [1.807, 2.05) is 12.1 Å². The summed E-state index contributed by atoms with van der Waals surface area (Å²) in [4.78, 5) is 0. The zero-order valence-electron chi connectivity index (χ0n) is 8.75. The van der Waals surface area contributed by atoms with Crippen LogP contribution in [0.5, 0.6) is 5.75 Å². The van der Waals surface area contributed by atoms with E-state index in [9.17, 15) is 0 Å². The SMILES string of the molecule is CCc1ccc(OCCSC)c(N)c1. The van der Waals surface area contributed by atoms with Gasteiger partial charge in [0, 0.05) is 5.75 Å². The third kappa shape index (κ3) is 3.14. The summed E-state index contributed by atoms with van der Waals surface area (Å²) in [7, 11) is 0. The highest BCUT2D eigenvalue weighted by Crippen LogP contribution is 2.22. The van der Waals surface area contributed by atoms with Crippen LogP contribution < -0.4 is 10.5 Å². The molecule has 0 aliphatic rings. The van der Waals surface area contributed by atoms with Crippen LogP contribution in [0.4, 0.5) is 5.69 Å². The van der Waals surface area contributed by atoms with Crippen molar-refractivity contribution in [1.82, 2.24) is 0 Å². The van der Waals surface area contributed by atoms with Gasteiger partial charge in [-0.05, 0) is 30.4 Å². The minimum Gasteiger partial charge on any atom is -0.491 e. The molecule has 0 saturated heterocycles. The molecule has 78 valence electrons. The lowest BCUT2D eigenvalue weighted by Crippen LogP contribution is -2.02. The first-order valence-electron chi connectivity index (χ1n) is 4.78. The largest absolute Gasteiger partial charge is 0.491 e. The molecule has 1 aromatic rings. The molecule has 0 aliphatic carbocycles. The molecule has 0 bridgehead atoms. The van der Waals surface area contributed by atoms with Crippen LogP contribution in [0.1, 0.15) is 12.5 Å². The minimum atomic E-state index is 0.719. The van der Waals surface area contributed by atoms with Gasteiger partial charge in [0.25, 0.3) is 0 Å². The molecule has 2 N–H and O–H groups in total. The van der Waals surface area contributed by atoms with Gasteiger partial charge in [0.05, 0.1) is 12.3 Å². The van der Waals surface area contributed by atoms with Crippen molar-refractivity contribution in [2.24, 2.45) is 0 Å². The summed E-state index contributed by atoms with van der Waals surface area (Å²) in [5, 5.41) is 0. The Bertz CT molecular complexity index is 289. The van der Waals surface area contributed by atoms with E-state index in [2.05, 4.69) is 19.2 Å². The second kappa shape index (κ2) is 5.81. The van der Waals surface area contributed by atoms with Crippen molar-refractivity contribution >= 4 is 17.4 Å². The second-order valence-corrected chi connectivity index (χ2v) is 4.05. The molecule has 0 heterocycles. The van der Waals surface area contributed by atoms with Crippen LogP contribution in [0.3, 0.4) is 0 Å². The lowest BCUT2D eigenvalue weighted by atomic mass is 10.1. The first kappa shape index (κ1) is 11.2. The van der Waals surface area contributed by atoms with Crippen LogP contribution in [0.15, 0.2) is 18.2 Å². The number of ether oxygens (including phenoxy) is 1. The molecule has 0 aliphatic heterocycles. The number of rotatable bonds is 5. The van der Waals surface area contributed by atoms with Crippen molar-refractivity contribution in [1.29, 1.82) is 0 Å². The van der Waals surface area contributed by atoms with Gasteiger partial charge in [-0.3, -0.25) is 0 Å². The number of hydrogen-bond acceptors (Lipinski definition) is 3. The number of hydrogen-bond donors (Lipinski definition) is 1. The Morgan fingerprint density at radius 1 is 1.43 bits per heavy atom. The molecule has 0 atom stereocenters. The zero-order chi connectivity index (χ0) is 10.4. The Balaban J connectivity index is 2.59. The van der Waals surface area contributed by atoms with Gasteiger partial charge in [-0.25, -0.2) is 0 Å². The molecule has 0 amide bonds. The standard InChI is InChI=1S/C11H17NOS/c1-3-9-4-5-11(10(12)8-9)13-6-7-14-2/h4-5,8H,3,6-7,12H2,1-2H3. The molecule has 0 radical (unpaired) electrons. The van der Waals surface area contributed by atoms with Crippen LogP contribution >= 0.6 is 11.8 Å². The maximum atomic E-state index is 5.85. The Morgan fingerprint density at radius 3 is 2.79 bits per heavy atom. The van der Waals surface area contributed by atoms with Crippen molar-refractivity contribution in [3.8, 4) is 5.75 Å². The quantitative estimate of drug-likeness (QED) is 0.600. The van der Waals surface area contributed by atoms with E-state index >= 15 is 0 Å². The molecule has 0 fully saturated rings. The van der Waals surface area contributed by atoms with Crippen molar-refractivity contribution in [2.75, 3.05) is 24.3 Å². The van der Waals surface area contributed by atoms with Crippen molar-refractivity contribution in [3.05, 3.63) is 23.8 Å². The van der Waals surface area contributed by atoms with Crippen molar-refractivity contribution in [3.63, 3.8) is 0 Å². The number of nitrogen functional groups attached to an aromatic ring is 1. The van der Waals surface area contributed by atoms with E-state index in [-0.39, 0.29) is 0 Å². The monoisotopic (exact) mass is 211 g/mol. The van der Waals surface area contributed by atoms with Gasteiger partial charge in [-0.1, -0.05) is 13.0 Å². The fourth-order valence-corrected chi connectivity index (χ4v) is 1.43. The van der Waals surface area contributed by atoms with E-state index in [4.69, 9.17) is 10.5 Å². The lowest BCUT2D eigenvalue weighted by molar-refractivity contribution is 0.346. The van der Waals surface area contributed by atoms with Crippen LogP contribution in [-0.2, 0) is 6.42 Å². The molecule has 3 heteroatoms. The number of thioether (sulfide) groups is 1. The normalized spacial score (nSPS) is 10.1. The smallest absolute Gasteiger partial charge is 0.142 e. The summed E-state index contributed by atoms with van der Waals surface area (Å²) in [6.45, 7) is 2.83. The third-order valence-electron chi connectivity index (χ3n) is 2.03. The molecule has 2 nitrogen and oxygen atoms in total. The molecule has 0 spiro atoms. The summed E-state index contributed by atoms with van der Waals surface area (Å²) < 4.78 is 5.53. The third-order valence-corrected chi connectivity index (χ3v) is 2.60. The fourth-order valence-electron chi connectivity index (χ4n) is 1.18. The van der Waals surface area contributed by atoms with Gasteiger partial charge in [-0.15, -0.1) is 0 Å².